The number of methoxy groups -OCH3 is 1. The lowest BCUT2D eigenvalue weighted by Crippen LogP contribution is -2.57. The van der Waals surface area contributed by atoms with Crippen molar-refractivity contribution in [1.29, 1.82) is 0 Å². The number of pyridine rings is 2. The van der Waals surface area contributed by atoms with Gasteiger partial charge in [-0.3, -0.25) is 4.98 Å². The van der Waals surface area contributed by atoms with Crippen molar-refractivity contribution in [2.45, 2.75) is 51.4 Å². The molecule has 3 aromatic heterocycles. The minimum Gasteiger partial charge on any atom is -0.378 e. The summed E-state index contributed by atoms with van der Waals surface area (Å²) in [5, 5.41) is 5.23. The van der Waals surface area contributed by atoms with Crippen molar-refractivity contribution in [3.8, 4) is 0 Å². The van der Waals surface area contributed by atoms with Gasteiger partial charge in [0.25, 0.3) is 0 Å². The van der Waals surface area contributed by atoms with Crippen LogP contribution in [-0.2, 0) is 14.6 Å². The third-order valence-corrected chi connectivity index (χ3v) is 8.76. The lowest BCUT2D eigenvalue weighted by molar-refractivity contribution is 0.0194. The van der Waals surface area contributed by atoms with Gasteiger partial charge in [0.2, 0.25) is 5.95 Å². The number of hydrogen-bond donors (Lipinski definition) is 1. The van der Waals surface area contributed by atoms with Crippen LogP contribution in [0.2, 0.25) is 0 Å². The summed E-state index contributed by atoms with van der Waals surface area (Å²) in [6.07, 6.45) is 5.73. The number of nitrogens with one attached hydrogen (secondary N) is 1. The number of nitrogens with zero attached hydrogens (tertiary/aromatic N) is 6. The summed E-state index contributed by atoms with van der Waals surface area (Å²) in [5.74, 6) is 2.10. The van der Waals surface area contributed by atoms with Crippen molar-refractivity contribution >= 4 is 43.9 Å². The Hall–Kier alpha value is -3.12. The fourth-order valence-electron chi connectivity index (χ4n) is 5.52. The Balaban J connectivity index is 1.40. The Morgan fingerprint density at radius 1 is 1.15 bits per heavy atom. The number of aromatic nitrogens is 4. The van der Waals surface area contributed by atoms with Gasteiger partial charge in [-0.15, -0.1) is 0 Å². The first-order valence-electron chi connectivity index (χ1n) is 13.3. The van der Waals surface area contributed by atoms with Gasteiger partial charge in [-0.1, -0.05) is 13.8 Å². The minimum absolute atomic E-state index is 0.0877. The van der Waals surface area contributed by atoms with Gasteiger partial charge in [-0.25, -0.2) is 22.8 Å². The highest BCUT2D eigenvalue weighted by atomic mass is 32.2. The summed E-state index contributed by atoms with van der Waals surface area (Å²) in [4.78, 5) is 22.5. The molecule has 0 aliphatic carbocycles. The van der Waals surface area contributed by atoms with Crippen molar-refractivity contribution < 1.29 is 17.5 Å². The second-order valence-electron chi connectivity index (χ2n) is 10.9. The largest absolute Gasteiger partial charge is 0.378 e. The summed E-state index contributed by atoms with van der Waals surface area (Å²) in [5.41, 5.74) is 1.91. The fourth-order valence-corrected chi connectivity index (χ4v) is 6.68. The van der Waals surface area contributed by atoms with Gasteiger partial charge in [0.1, 0.15) is 27.6 Å². The van der Waals surface area contributed by atoms with E-state index in [9.17, 15) is 12.8 Å². The topological polar surface area (TPSA) is 113 Å². The van der Waals surface area contributed by atoms with Crippen LogP contribution in [0.1, 0.15) is 38.8 Å². The molecule has 12 heteroatoms. The Kier molecular flexibility index (Phi) is 7.60. The van der Waals surface area contributed by atoms with Crippen molar-refractivity contribution in [1.82, 2.24) is 19.9 Å². The van der Waals surface area contributed by atoms with Crippen molar-refractivity contribution in [3.05, 3.63) is 36.4 Å². The molecule has 0 unspecified atom stereocenters. The molecule has 4 atom stereocenters. The quantitative estimate of drug-likeness (QED) is 0.440. The first-order chi connectivity index (χ1) is 18.5. The highest BCUT2D eigenvalue weighted by molar-refractivity contribution is 7.90. The van der Waals surface area contributed by atoms with Crippen LogP contribution >= 0.6 is 0 Å². The standard InChI is InChI=1S/C27H36FN7O3S/c1-16(2)26-19-10-25(32-24-6-8-29-27(33-24)34-9-7-23(38-4)21(28)14-34)30-11-20(19)22(12-31-26)35-13-18(17(35)3)15-39(5,36)37/h6,8,10-12,16-18,21,23H,7,9,13-15H2,1-5H3,(H,29,30,32,33)/t17-,18-,21+,23-/m1/s1. The van der Waals surface area contributed by atoms with Crippen LogP contribution in [0.5, 0.6) is 0 Å². The number of fused-ring (bicyclic) bond motifs is 1. The molecule has 10 nitrogen and oxygen atoms in total. The number of halogens is 1. The number of sulfone groups is 1. The van der Waals surface area contributed by atoms with Crippen molar-refractivity contribution in [2.24, 2.45) is 5.92 Å². The monoisotopic (exact) mass is 557 g/mol. The molecule has 2 saturated heterocycles. The number of anilines is 4. The summed E-state index contributed by atoms with van der Waals surface area (Å²) >= 11 is 0. The van der Waals surface area contributed by atoms with Crippen LogP contribution in [0.4, 0.5) is 27.7 Å². The number of hydrogen-bond acceptors (Lipinski definition) is 10. The van der Waals surface area contributed by atoms with Gasteiger partial charge in [-0.05, 0) is 31.4 Å². The van der Waals surface area contributed by atoms with Crippen LogP contribution in [0.3, 0.4) is 0 Å². The highest BCUT2D eigenvalue weighted by Gasteiger charge is 2.38. The van der Waals surface area contributed by atoms with Gasteiger partial charge in [0, 0.05) is 61.6 Å². The zero-order valence-corrected chi connectivity index (χ0v) is 23.8. The van der Waals surface area contributed by atoms with Gasteiger partial charge in [-0.2, -0.15) is 4.98 Å². The predicted octanol–water partition coefficient (Wildman–Crippen LogP) is 3.72. The zero-order chi connectivity index (χ0) is 27.9. The molecule has 2 aliphatic rings. The molecule has 0 radical (unpaired) electrons. The molecule has 2 aliphatic heterocycles. The number of ether oxygens (including phenoxy) is 1. The maximum Gasteiger partial charge on any atom is 0.227 e. The number of piperidine rings is 1. The molecule has 0 amide bonds. The zero-order valence-electron chi connectivity index (χ0n) is 23.0. The molecule has 5 heterocycles. The van der Waals surface area contributed by atoms with E-state index in [1.54, 1.807) is 12.3 Å². The second kappa shape index (κ2) is 10.8. The van der Waals surface area contributed by atoms with Crippen molar-refractivity contribution in [3.63, 3.8) is 0 Å². The average molecular weight is 558 g/mol. The maximum atomic E-state index is 14.4. The summed E-state index contributed by atoms with van der Waals surface area (Å²) in [6, 6.07) is 3.82. The molecule has 0 aromatic carbocycles. The molecular formula is C27H36FN7O3S. The van der Waals surface area contributed by atoms with Gasteiger partial charge >= 0.3 is 0 Å². The predicted molar refractivity (Wildman–Crippen MR) is 151 cm³/mol. The molecule has 5 rings (SSSR count). The van der Waals surface area contributed by atoms with E-state index < -0.39 is 22.1 Å². The van der Waals surface area contributed by atoms with E-state index in [4.69, 9.17) is 9.72 Å². The SMILES string of the molecule is CO[C@@H]1CCN(c2nccc(Nc3cc4c(C(C)C)ncc(N5C[C@H](CS(C)(=O)=O)[C@H]5C)c4cn3)n2)C[C@@H]1F. The molecule has 0 saturated carbocycles. The summed E-state index contributed by atoms with van der Waals surface area (Å²) < 4.78 is 43.3. The Morgan fingerprint density at radius 2 is 1.95 bits per heavy atom. The maximum absolute atomic E-state index is 14.4. The van der Waals surface area contributed by atoms with Gasteiger partial charge < -0.3 is 19.9 Å². The van der Waals surface area contributed by atoms with E-state index in [-0.39, 0.29) is 30.2 Å². The van der Waals surface area contributed by atoms with E-state index in [0.29, 0.717) is 37.1 Å². The number of alkyl halides is 1. The first kappa shape index (κ1) is 27.4. The Bertz CT molecular complexity index is 1450. The van der Waals surface area contributed by atoms with E-state index in [1.165, 1.54) is 13.4 Å². The van der Waals surface area contributed by atoms with Crippen LogP contribution in [-0.4, -0.2) is 85.4 Å². The Labute approximate surface area is 228 Å². The second-order valence-corrected chi connectivity index (χ2v) is 13.1. The fraction of sp³-hybridized carbons (Fsp3) is 0.556. The normalized spacial score (nSPS) is 23.8. The summed E-state index contributed by atoms with van der Waals surface area (Å²) in [6.45, 7) is 7.72. The highest BCUT2D eigenvalue weighted by Crippen LogP contribution is 2.38. The van der Waals surface area contributed by atoms with E-state index in [2.05, 4.69) is 45.9 Å². The number of rotatable bonds is 8. The minimum atomic E-state index is -3.04. The smallest absolute Gasteiger partial charge is 0.227 e. The first-order valence-corrected chi connectivity index (χ1v) is 15.3. The lowest BCUT2D eigenvalue weighted by atomic mass is 9.90. The van der Waals surface area contributed by atoms with Gasteiger partial charge in [0.15, 0.2) is 0 Å². The lowest BCUT2D eigenvalue weighted by Gasteiger charge is -2.48. The molecule has 210 valence electrons. The Morgan fingerprint density at radius 3 is 2.62 bits per heavy atom. The van der Waals surface area contributed by atoms with Gasteiger partial charge in [0.05, 0.1) is 36.0 Å². The van der Waals surface area contributed by atoms with E-state index in [0.717, 1.165) is 22.2 Å². The van der Waals surface area contributed by atoms with E-state index >= 15 is 0 Å². The average Bonchev–Trinajstić information content (AvgIpc) is 2.89. The van der Waals surface area contributed by atoms with Crippen LogP contribution < -0.4 is 15.1 Å². The molecule has 39 heavy (non-hydrogen) atoms. The van der Waals surface area contributed by atoms with Crippen LogP contribution in [0.25, 0.3) is 10.8 Å². The molecule has 0 spiro atoms. The molecule has 3 aromatic rings. The molecule has 2 fully saturated rings. The van der Waals surface area contributed by atoms with E-state index in [1.807, 2.05) is 23.4 Å². The summed E-state index contributed by atoms with van der Waals surface area (Å²) in [7, 11) is -1.50. The third-order valence-electron chi connectivity index (χ3n) is 7.73. The molecular weight excluding hydrogens is 521 g/mol. The third kappa shape index (κ3) is 5.76. The molecule has 1 N–H and O–H groups in total. The molecule has 0 bridgehead atoms. The van der Waals surface area contributed by atoms with Crippen molar-refractivity contribution in [2.75, 3.05) is 53.9 Å². The van der Waals surface area contributed by atoms with Crippen LogP contribution in [0.15, 0.2) is 30.7 Å². The van der Waals surface area contributed by atoms with Crippen LogP contribution in [0, 0.1) is 5.92 Å².